The van der Waals surface area contributed by atoms with Crippen molar-refractivity contribution in [1.82, 2.24) is 4.98 Å². The molecule has 1 aromatic heterocycles. The van der Waals surface area contributed by atoms with E-state index in [9.17, 15) is 9.90 Å². The number of hydrogen-bond acceptors (Lipinski definition) is 3. The van der Waals surface area contributed by atoms with Crippen LogP contribution in [0.15, 0.2) is 42.5 Å². The molecule has 3 aromatic rings. The molecule has 25 heavy (non-hydrogen) atoms. The first-order chi connectivity index (χ1) is 12.0. The smallest absolute Gasteiger partial charge is 0.449 e. The predicted molar refractivity (Wildman–Crippen MR) is 97.8 cm³/mol. The number of aromatic nitrogens is 1. The predicted octanol–water partition coefficient (Wildman–Crippen LogP) is 6.14. The highest BCUT2D eigenvalue weighted by atomic mass is 35.5. The number of halogens is 2. The number of rotatable bonds is 3. The Bertz CT molecular complexity index is 999. The Morgan fingerprint density at radius 1 is 1.12 bits per heavy atom. The Kier molecular flexibility index (Phi) is 4.02. The molecule has 1 fully saturated rings. The topological polar surface area (TPSA) is 59.4 Å². The van der Waals surface area contributed by atoms with Crippen LogP contribution in [0.25, 0.3) is 22.0 Å². The Morgan fingerprint density at radius 2 is 1.88 bits per heavy atom. The third-order valence-electron chi connectivity index (χ3n) is 4.20. The Hall–Kier alpha value is -2.30. The summed E-state index contributed by atoms with van der Waals surface area (Å²) in [6, 6.07) is 12.6. The molecule has 0 bridgehead atoms. The normalized spacial score (nSPS) is 13.8. The van der Waals surface area contributed by atoms with Gasteiger partial charge < -0.3 is 9.84 Å². The van der Waals surface area contributed by atoms with Gasteiger partial charge in [0.2, 0.25) is 0 Å². The zero-order valence-electron chi connectivity index (χ0n) is 13.0. The van der Waals surface area contributed by atoms with E-state index in [-0.39, 0.29) is 11.7 Å². The van der Waals surface area contributed by atoms with E-state index in [4.69, 9.17) is 27.9 Å². The van der Waals surface area contributed by atoms with Gasteiger partial charge in [-0.3, -0.25) is 0 Å². The summed E-state index contributed by atoms with van der Waals surface area (Å²) < 4.78 is 5.19. The summed E-state index contributed by atoms with van der Waals surface area (Å²) in [5.41, 5.74) is 2.84. The van der Waals surface area contributed by atoms with E-state index in [0.717, 1.165) is 29.3 Å². The molecule has 1 aliphatic carbocycles. The van der Waals surface area contributed by atoms with E-state index in [2.05, 4.69) is 4.98 Å². The SMILES string of the molecule is O=C(O)Oc1c(C2CC2)nc2ccc(Cl)cc2c1-c1cccc(Cl)c1. The van der Waals surface area contributed by atoms with Gasteiger partial charge in [-0.15, -0.1) is 0 Å². The van der Waals surface area contributed by atoms with Crippen molar-refractivity contribution in [2.24, 2.45) is 0 Å². The first kappa shape index (κ1) is 16.2. The van der Waals surface area contributed by atoms with Gasteiger partial charge in [0.15, 0.2) is 5.75 Å². The fraction of sp³-hybridized carbons (Fsp3) is 0.158. The highest BCUT2D eigenvalue weighted by Crippen LogP contribution is 2.49. The van der Waals surface area contributed by atoms with Gasteiger partial charge in [0.1, 0.15) is 0 Å². The van der Waals surface area contributed by atoms with E-state index in [1.54, 1.807) is 24.3 Å². The molecule has 0 amide bonds. The largest absolute Gasteiger partial charge is 0.511 e. The van der Waals surface area contributed by atoms with Crippen LogP contribution in [0.1, 0.15) is 24.5 Å². The molecule has 4 nitrogen and oxygen atoms in total. The van der Waals surface area contributed by atoms with Crippen molar-refractivity contribution in [3.8, 4) is 16.9 Å². The van der Waals surface area contributed by atoms with Gasteiger partial charge in [-0.1, -0.05) is 35.3 Å². The van der Waals surface area contributed by atoms with Crippen molar-refractivity contribution in [2.45, 2.75) is 18.8 Å². The number of ether oxygens (including phenoxy) is 1. The quantitative estimate of drug-likeness (QED) is 0.559. The second-order valence-corrected chi connectivity index (χ2v) is 6.89. The van der Waals surface area contributed by atoms with E-state index in [1.165, 1.54) is 0 Å². The van der Waals surface area contributed by atoms with Gasteiger partial charge in [0, 0.05) is 26.9 Å². The molecule has 0 spiro atoms. The average molecular weight is 374 g/mol. The summed E-state index contributed by atoms with van der Waals surface area (Å²) in [7, 11) is 0. The number of hydrogen-bond donors (Lipinski definition) is 1. The maximum absolute atomic E-state index is 11.3. The molecular formula is C19H13Cl2NO3. The van der Waals surface area contributed by atoms with Crippen LogP contribution in [0.5, 0.6) is 5.75 Å². The molecule has 1 saturated carbocycles. The summed E-state index contributed by atoms with van der Waals surface area (Å²) in [4.78, 5) is 16.0. The minimum Gasteiger partial charge on any atom is -0.449 e. The number of nitrogens with zero attached hydrogens (tertiary/aromatic N) is 1. The molecule has 2 aromatic carbocycles. The third-order valence-corrected chi connectivity index (χ3v) is 4.67. The number of carbonyl (C=O) groups is 1. The number of fused-ring (bicyclic) bond motifs is 1. The fourth-order valence-electron chi connectivity index (χ4n) is 2.99. The molecule has 126 valence electrons. The summed E-state index contributed by atoms with van der Waals surface area (Å²) in [6.45, 7) is 0. The lowest BCUT2D eigenvalue weighted by atomic mass is 9.97. The molecule has 6 heteroatoms. The van der Waals surface area contributed by atoms with Crippen LogP contribution in [-0.4, -0.2) is 16.2 Å². The maximum Gasteiger partial charge on any atom is 0.511 e. The van der Waals surface area contributed by atoms with Gasteiger partial charge in [-0.2, -0.15) is 0 Å². The van der Waals surface area contributed by atoms with Crippen LogP contribution in [0.2, 0.25) is 10.0 Å². The summed E-state index contributed by atoms with van der Waals surface area (Å²) in [5, 5.41) is 11.1. The van der Waals surface area contributed by atoms with Crippen molar-refractivity contribution in [3.05, 3.63) is 58.2 Å². The molecule has 0 aliphatic heterocycles. The highest BCUT2D eigenvalue weighted by Gasteiger charge is 2.32. The van der Waals surface area contributed by atoms with E-state index in [1.807, 2.05) is 18.2 Å². The molecular weight excluding hydrogens is 361 g/mol. The molecule has 1 aliphatic rings. The molecule has 0 radical (unpaired) electrons. The zero-order valence-corrected chi connectivity index (χ0v) is 14.5. The average Bonchev–Trinajstić information content (AvgIpc) is 3.38. The van der Waals surface area contributed by atoms with Crippen molar-refractivity contribution in [1.29, 1.82) is 0 Å². The summed E-state index contributed by atoms with van der Waals surface area (Å²) >= 11 is 12.3. The number of benzene rings is 2. The van der Waals surface area contributed by atoms with Gasteiger partial charge >= 0.3 is 6.16 Å². The van der Waals surface area contributed by atoms with Crippen molar-refractivity contribution in [2.75, 3.05) is 0 Å². The van der Waals surface area contributed by atoms with E-state index in [0.29, 0.717) is 21.3 Å². The first-order valence-corrected chi connectivity index (χ1v) is 8.58. The molecule has 1 heterocycles. The van der Waals surface area contributed by atoms with E-state index < -0.39 is 6.16 Å². The third kappa shape index (κ3) is 3.15. The minimum atomic E-state index is -1.37. The molecule has 1 N–H and O–H groups in total. The number of carboxylic acid groups (broad SMARTS) is 1. The Labute approximate surface area is 154 Å². The summed E-state index contributed by atoms with van der Waals surface area (Å²) in [5.74, 6) is 0.486. The fourth-order valence-corrected chi connectivity index (χ4v) is 3.35. The van der Waals surface area contributed by atoms with E-state index >= 15 is 0 Å². The number of pyridine rings is 1. The molecule has 0 unspecified atom stereocenters. The first-order valence-electron chi connectivity index (χ1n) is 7.83. The van der Waals surface area contributed by atoms with Crippen LogP contribution >= 0.6 is 23.2 Å². The zero-order chi connectivity index (χ0) is 17.6. The second-order valence-electron chi connectivity index (χ2n) is 6.02. The Balaban J connectivity index is 2.10. The van der Waals surface area contributed by atoms with Crippen LogP contribution < -0.4 is 4.74 Å². The van der Waals surface area contributed by atoms with Crippen molar-refractivity contribution < 1.29 is 14.6 Å². The van der Waals surface area contributed by atoms with Crippen molar-refractivity contribution >= 4 is 40.3 Å². The second kappa shape index (κ2) is 6.21. The standard InChI is InChI=1S/C19H13Cl2NO3/c20-12-3-1-2-11(8-12)16-14-9-13(21)6-7-15(14)22-17(10-4-5-10)18(16)25-19(23)24/h1-3,6-10H,4-5H2,(H,23,24). The summed E-state index contributed by atoms with van der Waals surface area (Å²) in [6.07, 6.45) is 0.571. The Morgan fingerprint density at radius 3 is 2.56 bits per heavy atom. The van der Waals surface area contributed by atoms with Gasteiger partial charge in [0.05, 0.1) is 11.2 Å². The van der Waals surface area contributed by atoms with Gasteiger partial charge in [-0.25, -0.2) is 9.78 Å². The van der Waals surface area contributed by atoms with Gasteiger partial charge in [0.25, 0.3) is 0 Å². The van der Waals surface area contributed by atoms with Crippen LogP contribution in [-0.2, 0) is 0 Å². The van der Waals surface area contributed by atoms with Gasteiger partial charge in [-0.05, 0) is 48.7 Å². The lowest BCUT2D eigenvalue weighted by Gasteiger charge is -2.16. The molecule has 0 saturated heterocycles. The van der Waals surface area contributed by atoms with Crippen LogP contribution in [0.3, 0.4) is 0 Å². The van der Waals surface area contributed by atoms with Crippen molar-refractivity contribution in [3.63, 3.8) is 0 Å². The maximum atomic E-state index is 11.3. The van der Waals surface area contributed by atoms with Crippen LogP contribution in [0, 0.1) is 0 Å². The molecule has 4 rings (SSSR count). The molecule has 0 atom stereocenters. The lowest BCUT2D eigenvalue weighted by Crippen LogP contribution is -2.08. The highest BCUT2D eigenvalue weighted by molar-refractivity contribution is 6.32. The minimum absolute atomic E-state index is 0.215. The monoisotopic (exact) mass is 373 g/mol. The lowest BCUT2D eigenvalue weighted by molar-refractivity contribution is 0.144. The van der Waals surface area contributed by atoms with Crippen LogP contribution in [0.4, 0.5) is 4.79 Å².